The largest absolute Gasteiger partial charge is 0.465 e. The molecule has 0 saturated heterocycles. The Balaban J connectivity index is 2.01. The zero-order valence-corrected chi connectivity index (χ0v) is 19.5. The van der Waals surface area contributed by atoms with Crippen LogP contribution in [-0.4, -0.2) is 82.2 Å². The van der Waals surface area contributed by atoms with Gasteiger partial charge < -0.3 is 19.6 Å². The number of carbonyl (C=O) groups excluding carboxylic acids is 1. The Morgan fingerprint density at radius 3 is 2.72 bits per heavy atom. The fourth-order valence-electron chi connectivity index (χ4n) is 3.63. The van der Waals surface area contributed by atoms with E-state index in [9.17, 15) is 14.9 Å². The summed E-state index contributed by atoms with van der Waals surface area (Å²) in [6.45, 7) is 3.85. The second kappa shape index (κ2) is 13.2. The summed E-state index contributed by atoms with van der Waals surface area (Å²) in [5.41, 5.74) is 0.934. The molecular weight excluding hydrogens is 438 g/mol. The number of hydrogen-bond acceptors (Lipinski definition) is 9. The molecule has 0 fully saturated rings. The molecule has 1 aliphatic heterocycles. The van der Waals surface area contributed by atoms with Crippen LogP contribution in [0.5, 0.6) is 0 Å². The van der Waals surface area contributed by atoms with E-state index in [2.05, 4.69) is 4.98 Å². The lowest BCUT2D eigenvalue weighted by Crippen LogP contribution is -2.49. The molecule has 0 aliphatic carbocycles. The number of esters is 1. The van der Waals surface area contributed by atoms with Crippen molar-refractivity contribution in [3.63, 3.8) is 0 Å². The number of aliphatic hydroxyl groups is 1. The highest BCUT2D eigenvalue weighted by Crippen LogP contribution is 2.23. The van der Waals surface area contributed by atoms with Crippen LogP contribution in [0.15, 0.2) is 29.8 Å². The minimum atomic E-state index is -0.397. The van der Waals surface area contributed by atoms with Crippen LogP contribution in [0.1, 0.15) is 38.2 Å². The highest BCUT2D eigenvalue weighted by Gasteiger charge is 2.34. The molecule has 1 N–H and O–H groups in total. The number of hydrogen-bond donors (Lipinski definition) is 1. The second-order valence-corrected chi connectivity index (χ2v) is 8.10. The first kappa shape index (κ1) is 25.8. The summed E-state index contributed by atoms with van der Waals surface area (Å²) in [4.78, 5) is 33.2. The van der Waals surface area contributed by atoms with Crippen molar-refractivity contribution in [3.8, 4) is 0 Å². The molecule has 0 amide bonds. The average Bonchev–Trinajstić information content (AvgIpc) is 2.75. The van der Waals surface area contributed by atoms with E-state index in [4.69, 9.17) is 21.4 Å². The van der Waals surface area contributed by atoms with Crippen molar-refractivity contribution in [2.24, 2.45) is 0 Å². The van der Waals surface area contributed by atoms with Crippen LogP contribution in [0.3, 0.4) is 0 Å². The molecule has 2 rings (SSSR count). The lowest BCUT2D eigenvalue weighted by Gasteiger charge is -2.39. The standard InChI is InChI=1S/C21H32ClN5O5/c1-3-26(13-17-8-9-19(22)23-12-17)21-18(27(30)31)14-25(16-24(21)2)15-20(29)32-11-7-5-4-6-10-28/h8-9,12,28H,3-7,10-11,13-16H2,1-2H3. The Morgan fingerprint density at radius 2 is 2.09 bits per heavy atom. The van der Waals surface area contributed by atoms with Gasteiger partial charge in [0, 0.05) is 32.9 Å². The molecule has 10 nitrogen and oxygen atoms in total. The minimum absolute atomic E-state index is 0.0151. The van der Waals surface area contributed by atoms with Gasteiger partial charge in [0.15, 0.2) is 5.82 Å². The van der Waals surface area contributed by atoms with Gasteiger partial charge >= 0.3 is 5.97 Å². The van der Waals surface area contributed by atoms with E-state index in [0.29, 0.717) is 37.3 Å². The Labute approximate surface area is 193 Å². The zero-order valence-electron chi connectivity index (χ0n) is 18.7. The number of ether oxygens (including phenoxy) is 1. The fourth-order valence-corrected chi connectivity index (χ4v) is 3.74. The van der Waals surface area contributed by atoms with Crippen molar-refractivity contribution in [1.29, 1.82) is 0 Å². The summed E-state index contributed by atoms with van der Waals surface area (Å²) in [7, 11) is 1.78. The smallest absolute Gasteiger partial charge is 0.320 e. The quantitative estimate of drug-likeness (QED) is 0.153. The van der Waals surface area contributed by atoms with Crippen LogP contribution >= 0.6 is 11.6 Å². The molecule has 11 heteroatoms. The number of pyridine rings is 1. The SMILES string of the molecule is CCN(Cc1ccc(Cl)nc1)C1=C([N+](=O)[O-])CN(CC(=O)OCCCCCCO)CN1C. The molecule has 178 valence electrons. The topological polar surface area (TPSA) is 112 Å². The molecule has 2 heterocycles. The third-order valence-electron chi connectivity index (χ3n) is 5.14. The van der Waals surface area contributed by atoms with Gasteiger partial charge in [0.1, 0.15) is 5.15 Å². The minimum Gasteiger partial charge on any atom is -0.465 e. The molecule has 0 bridgehead atoms. The highest BCUT2D eigenvalue weighted by atomic mass is 35.5. The summed E-state index contributed by atoms with van der Waals surface area (Å²) in [5.74, 6) is 0.132. The van der Waals surface area contributed by atoms with Crippen molar-refractivity contribution in [1.82, 2.24) is 19.7 Å². The lowest BCUT2D eigenvalue weighted by atomic mass is 10.2. The number of unbranched alkanes of at least 4 members (excludes halogenated alkanes) is 3. The van der Waals surface area contributed by atoms with Crippen molar-refractivity contribution in [2.45, 2.75) is 39.2 Å². The number of aromatic nitrogens is 1. The van der Waals surface area contributed by atoms with Gasteiger partial charge in [-0.2, -0.15) is 0 Å². The van der Waals surface area contributed by atoms with E-state index in [0.717, 1.165) is 31.2 Å². The first-order valence-electron chi connectivity index (χ1n) is 10.8. The van der Waals surface area contributed by atoms with E-state index in [1.165, 1.54) is 0 Å². The second-order valence-electron chi connectivity index (χ2n) is 7.72. The molecule has 0 radical (unpaired) electrons. The van der Waals surface area contributed by atoms with E-state index in [1.54, 1.807) is 29.1 Å². The first-order valence-corrected chi connectivity index (χ1v) is 11.2. The van der Waals surface area contributed by atoms with Gasteiger partial charge in [-0.05, 0) is 37.8 Å². The summed E-state index contributed by atoms with van der Waals surface area (Å²) in [6, 6.07) is 3.54. The number of halogens is 1. The monoisotopic (exact) mass is 469 g/mol. The Kier molecular flexibility index (Phi) is 10.6. The first-order chi connectivity index (χ1) is 15.3. The van der Waals surface area contributed by atoms with Crippen LogP contribution < -0.4 is 0 Å². The van der Waals surface area contributed by atoms with Crippen molar-refractivity contribution in [2.75, 3.05) is 46.6 Å². The summed E-state index contributed by atoms with van der Waals surface area (Å²) >= 11 is 5.85. The summed E-state index contributed by atoms with van der Waals surface area (Å²) < 4.78 is 5.26. The van der Waals surface area contributed by atoms with Crippen LogP contribution in [0.2, 0.25) is 5.15 Å². The van der Waals surface area contributed by atoms with Gasteiger partial charge in [0.25, 0.3) is 5.70 Å². The Morgan fingerprint density at radius 1 is 1.34 bits per heavy atom. The highest BCUT2D eigenvalue weighted by molar-refractivity contribution is 6.29. The van der Waals surface area contributed by atoms with Crippen molar-refractivity contribution in [3.05, 3.63) is 50.7 Å². The van der Waals surface area contributed by atoms with Gasteiger partial charge in [-0.25, -0.2) is 4.98 Å². The normalized spacial score (nSPS) is 14.6. The van der Waals surface area contributed by atoms with Gasteiger partial charge in [-0.1, -0.05) is 24.1 Å². The maximum absolute atomic E-state index is 12.2. The van der Waals surface area contributed by atoms with E-state index >= 15 is 0 Å². The van der Waals surface area contributed by atoms with Gasteiger partial charge in [0.05, 0.1) is 31.3 Å². The fraction of sp³-hybridized carbons (Fsp3) is 0.619. The molecule has 1 aromatic rings. The molecule has 1 aliphatic rings. The molecule has 0 aromatic carbocycles. The Hall–Kier alpha value is -2.43. The average molecular weight is 470 g/mol. The molecule has 0 saturated carbocycles. The zero-order chi connectivity index (χ0) is 23.5. The van der Waals surface area contributed by atoms with Crippen LogP contribution in [0.4, 0.5) is 0 Å². The molecule has 0 atom stereocenters. The number of nitrogens with zero attached hydrogens (tertiary/aromatic N) is 5. The predicted molar refractivity (Wildman–Crippen MR) is 120 cm³/mol. The molecular formula is C21H32ClN5O5. The molecule has 32 heavy (non-hydrogen) atoms. The number of rotatable bonds is 13. The lowest BCUT2D eigenvalue weighted by molar-refractivity contribution is -0.433. The van der Waals surface area contributed by atoms with E-state index in [-0.39, 0.29) is 30.3 Å². The predicted octanol–water partition coefficient (Wildman–Crippen LogP) is 2.30. The maximum Gasteiger partial charge on any atom is 0.320 e. The molecule has 0 unspecified atom stereocenters. The van der Waals surface area contributed by atoms with Gasteiger partial charge in [0.2, 0.25) is 0 Å². The van der Waals surface area contributed by atoms with E-state index in [1.807, 2.05) is 17.9 Å². The molecule has 1 aromatic heterocycles. The molecule has 0 spiro atoms. The van der Waals surface area contributed by atoms with Gasteiger partial charge in [-0.15, -0.1) is 0 Å². The van der Waals surface area contributed by atoms with Crippen LogP contribution in [0.25, 0.3) is 0 Å². The summed E-state index contributed by atoms with van der Waals surface area (Å²) in [5, 5.41) is 21.0. The van der Waals surface area contributed by atoms with Crippen molar-refractivity contribution >= 4 is 17.6 Å². The number of nitro groups is 1. The number of carbonyl (C=O) groups is 1. The van der Waals surface area contributed by atoms with E-state index < -0.39 is 5.97 Å². The van der Waals surface area contributed by atoms with Crippen LogP contribution in [-0.2, 0) is 16.1 Å². The Bertz CT molecular complexity index is 789. The summed E-state index contributed by atoms with van der Waals surface area (Å²) in [6.07, 6.45) is 4.92. The number of aliphatic hydroxyl groups excluding tert-OH is 1. The van der Waals surface area contributed by atoms with Gasteiger partial charge in [-0.3, -0.25) is 19.8 Å². The third kappa shape index (κ3) is 7.92. The third-order valence-corrected chi connectivity index (χ3v) is 5.36. The van der Waals surface area contributed by atoms with Crippen molar-refractivity contribution < 1.29 is 19.6 Å². The van der Waals surface area contributed by atoms with Crippen LogP contribution in [0, 0.1) is 10.1 Å². The maximum atomic E-state index is 12.2.